The molecule has 0 radical (unpaired) electrons. The van der Waals surface area contributed by atoms with Gasteiger partial charge in [0.2, 0.25) is 0 Å². The first-order valence-corrected chi connectivity index (χ1v) is 10.4. The van der Waals surface area contributed by atoms with Crippen molar-refractivity contribution >= 4 is 16.6 Å². The van der Waals surface area contributed by atoms with E-state index in [1.807, 2.05) is 6.92 Å². The monoisotopic (exact) mass is 448 g/mol. The van der Waals surface area contributed by atoms with E-state index in [9.17, 15) is 27.8 Å². The maximum absolute atomic E-state index is 14.3. The number of rotatable bonds is 3. The zero-order valence-electron chi connectivity index (χ0n) is 17.8. The van der Waals surface area contributed by atoms with Crippen molar-refractivity contribution in [1.82, 2.24) is 4.98 Å². The van der Waals surface area contributed by atoms with Crippen molar-refractivity contribution in [1.29, 1.82) is 0 Å². The number of anilines is 1. The number of nitrogens with one attached hydrogen (secondary N) is 1. The molecular weight excluding hydrogens is 424 g/mol. The lowest BCUT2D eigenvalue weighted by atomic mass is 9.66. The van der Waals surface area contributed by atoms with Crippen LogP contribution in [-0.2, 0) is 0 Å². The molecule has 0 bridgehead atoms. The Kier molecular flexibility index (Phi) is 5.32. The third-order valence-corrected chi connectivity index (χ3v) is 6.36. The third kappa shape index (κ3) is 3.46. The highest BCUT2D eigenvalue weighted by Crippen LogP contribution is 2.56. The number of halogens is 4. The number of benzene rings is 2. The van der Waals surface area contributed by atoms with E-state index in [1.165, 1.54) is 6.07 Å². The summed E-state index contributed by atoms with van der Waals surface area (Å²) in [4.78, 5) is 4.41. The van der Waals surface area contributed by atoms with E-state index in [2.05, 4.69) is 10.3 Å². The topological polar surface area (TPSA) is 65.4 Å². The number of aromatic nitrogens is 1. The number of phenols is 1. The number of aromatic hydroxyl groups is 1. The summed E-state index contributed by atoms with van der Waals surface area (Å²) >= 11 is 0. The van der Waals surface area contributed by atoms with E-state index in [0.29, 0.717) is 16.6 Å². The third-order valence-electron chi connectivity index (χ3n) is 6.36. The molecule has 8 heteroatoms. The molecule has 3 aromatic rings. The van der Waals surface area contributed by atoms with Gasteiger partial charge in [0.25, 0.3) is 0 Å². The van der Waals surface area contributed by atoms with E-state index >= 15 is 0 Å². The molecule has 170 valence electrons. The molecule has 1 aliphatic carbocycles. The second kappa shape index (κ2) is 7.62. The lowest BCUT2D eigenvalue weighted by Crippen LogP contribution is -2.56. The molecule has 1 aliphatic rings. The van der Waals surface area contributed by atoms with E-state index in [-0.39, 0.29) is 17.0 Å². The van der Waals surface area contributed by atoms with Gasteiger partial charge in [-0.15, -0.1) is 0 Å². The Morgan fingerprint density at radius 1 is 1.12 bits per heavy atom. The van der Waals surface area contributed by atoms with Gasteiger partial charge in [-0.25, -0.2) is 4.39 Å². The van der Waals surface area contributed by atoms with Crippen LogP contribution in [0.1, 0.15) is 49.0 Å². The van der Waals surface area contributed by atoms with E-state index in [4.69, 9.17) is 0 Å². The molecule has 4 nitrogen and oxygen atoms in total. The van der Waals surface area contributed by atoms with Crippen molar-refractivity contribution in [2.45, 2.75) is 50.9 Å². The first kappa shape index (κ1) is 22.3. The van der Waals surface area contributed by atoms with Gasteiger partial charge >= 0.3 is 6.18 Å². The largest absolute Gasteiger partial charge is 0.505 e. The minimum Gasteiger partial charge on any atom is -0.505 e. The van der Waals surface area contributed by atoms with Crippen LogP contribution >= 0.6 is 0 Å². The average molecular weight is 448 g/mol. The molecule has 3 unspecified atom stereocenters. The fraction of sp³-hybridized carbons (Fsp3) is 0.375. The first-order valence-electron chi connectivity index (χ1n) is 10.4. The van der Waals surface area contributed by atoms with Gasteiger partial charge in [0, 0.05) is 22.3 Å². The lowest BCUT2D eigenvalue weighted by molar-refractivity contribution is -0.273. The van der Waals surface area contributed by atoms with Crippen LogP contribution in [-0.4, -0.2) is 27.0 Å². The van der Waals surface area contributed by atoms with Crippen molar-refractivity contribution in [3.05, 3.63) is 65.1 Å². The molecule has 0 fully saturated rings. The second-order valence-electron chi connectivity index (χ2n) is 8.78. The van der Waals surface area contributed by atoms with Crippen LogP contribution in [0.2, 0.25) is 0 Å². The second-order valence-corrected chi connectivity index (χ2v) is 8.78. The molecule has 4 rings (SSSR count). The van der Waals surface area contributed by atoms with Crippen LogP contribution in [0.5, 0.6) is 5.75 Å². The quantitative estimate of drug-likeness (QED) is 0.432. The van der Waals surface area contributed by atoms with Crippen molar-refractivity contribution in [3.63, 3.8) is 0 Å². The summed E-state index contributed by atoms with van der Waals surface area (Å²) < 4.78 is 57.2. The Labute approximate surface area is 182 Å². The van der Waals surface area contributed by atoms with Crippen LogP contribution in [0.25, 0.3) is 10.9 Å². The summed E-state index contributed by atoms with van der Waals surface area (Å²) in [5.74, 6) is -2.84. The SMILES string of the molecule is Cc1ccc2c(NC3c4ccc(F)c(O)c4C(C(C)C)CC3(O)C(F)(F)F)cccc2n1. The van der Waals surface area contributed by atoms with Crippen molar-refractivity contribution in [3.8, 4) is 5.75 Å². The van der Waals surface area contributed by atoms with E-state index in [1.54, 1.807) is 44.2 Å². The minimum absolute atomic E-state index is 0.0192. The molecule has 2 aromatic carbocycles. The van der Waals surface area contributed by atoms with Crippen molar-refractivity contribution in [2.24, 2.45) is 5.92 Å². The van der Waals surface area contributed by atoms with E-state index < -0.39 is 41.7 Å². The Hall–Kier alpha value is -2.87. The molecule has 32 heavy (non-hydrogen) atoms. The summed E-state index contributed by atoms with van der Waals surface area (Å²) in [5.41, 5.74) is -1.33. The zero-order valence-corrected chi connectivity index (χ0v) is 17.8. The predicted octanol–water partition coefficient (Wildman–Crippen LogP) is 5.98. The fourth-order valence-corrected chi connectivity index (χ4v) is 4.63. The minimum atomic E-state index is -4.97. The Morgan fingerprint density at radius 3 is 2.50 bits per heavy atom. The fourth-order valence-electron chi connectivity index (χ4n) is 4.63. The predicted molar refractivity (Wildman–Crippen MR) is 114 cm³/mol. The number of hydrogen-bond acceptors (Lipinski definition) is 4. The van der Waals surface area contributed by atoms with Gasteiger partial charge < -0.3 is 15.5 Å². The lowest BCUT2D eigenvalue weighted by Gasteiger charge is -2.47. The average Bonchev–Trinajstić information content (AvgIpc) is 2.71. The number of alkyl halides is 3. The molecule has 0 aliphatic heterocycles. The summed E-state index contributed by atoms with van der Waals surface area (Å²) in [6.07, 6.45) is -5.68. The number of phenolic OH excluding ortho intramolecular Hbond substituents is 1. The van der Waals surface area contributed by atoms with Crippen LogP contribution in [0.15, 0.2) is 42.5 Å². The Bertz CT molecular complexity index is 1180. The molecule has 0 saturated heterocycles. The van der Waals surface area contributed by atoms with Gasteiger partial charge in [-0.2, -0.15) is 13.2 Å². The molecule has 0 saturated carbocycles. The number of aliphatic hydroxyl groups is 1. The van der Waals surface area contributed by atoms with Crippen molar-refractivity contribution in [2.75, 3.05) is 5.32 Å². The van der Waals surface area contributed by atoms with Crippen molar-refractivity contribution < 1.29 is 27.8 Å². The van der Waals surface area contributed by atoms with Gasteiger partial charge in [-0.05, 0) is 61.1 Å². The normalized spacial score (nSPS) is 23.4. The maximum atomic E-state index is 14.3. The highest BCUT2D eigenvalue weighted by molar-refractivity contribution is 5.91. The highest BCUT2D eigenvalue weighted by Gasteiger charge is 2.63. The zero-order chi connectivity index (χ0) is 23.4. The highest BCUT2D eigenvalue weighted by atomic mass is 19.4. The summed E-state index contributed by atoms with van der Waals surface area (Å²) in [6, 6.07) is 8.97. The van der Waals surface area contributed by atoms with Gasteiger partial charge in [0.1, 0.15) is 0 Å². The molecule has 0 spiro atoms. The number of pyridine rings is 1. The van der Waals surface area contributed by atoms with Gasteiger partial charge in [0.15, 0.2) is 17.2 Å². The summed E-state index contributed by atoms with van der Waals surface area (Å²) in [5, 5.41) is 25.0. The standard InChI is InChI=1S/C24H24F4N2O2/c1-12(2)16-11-23(32,24(26,27)28)22(15-9-10-17(25)21(31)20(15)16)30-19-6-4-5-18-14(19)8-7-13(3)29-18/h4-10,12,16,22,30-32H,11H2,1-3H3. The Balaban J connectivity index is 1.94. The summed E-state index contributed by atoms with van der Waals surface area (Å²) in [6.45, 7) is 5.17. The molecule has 3 atom stereocenters. The van der Waals surface area contributed by atoms with Gasteiger partial charge in [0.05, 0.1) is 11.6 Å². The van der Waals surface area contributed by atoms with Gasteiger partial charge in [-0.1, -0.05) is 26.0 Å². The van der Waals surface area contributed by atoms with Gasteiger partial charge in [-0.3, -0.25) is 4.98 Å². The molecule has 0 amide bonds. The van der Waals surface area contributed by atoms with E-state index in [0.717, 1.165) is 11.8 Å². The first-order chi connectivity index (χ1) is 14.9. The number of nitrogens with zero attached hydrogens (tertiary/aromatic N) is 1. The number of hydrogen-bond donors (Lipinski definition) is 3. The van der Waals surface area contributed by atoms with Crippen LogP contribution < -0.4 is 5.32 Å². The molecule has 1 heterocycles. The smallest absolute Gasteiger partial charge is 0.419 e. The summed E-state index contributed by atoms with van der Waals surface area (Å²) in [7, 11) is 0. The molecule has 3 N–H and O–H groups in total. The number of aryl methyl sites for hydroxylation is 1. The number of fused-ring (bicyclic) bond motifs is 2. The maximum Gasteiger partial charge on any atom is 0.419 e. The molecule has 1 aromatic heterocycles. The van der Waals surface area contributed by atoms with Crippen LogP contribution in [0.4, 0.5) is 23.2 Å². The van der Waals surface area contributed by atoms with Crippen LogP contribution in [0.3, 0.4) is 0 Å². The van der Waals surface area contributed by atoms with Crippen LogP contribution in [0, 0.1) is 18.7 Å². The Morgan fingerprint density at radius 2 is 1.84 bits per heavy atom. The molecular formula is C24H24F4N2O2.